The van der Waals surface area contributed by atoms with Gasteiger partial charge in [0.1, 0.15) is 5.78 Å². The van der Waals surface area contributed by atoms with Gasteiger partial charge in [0.25, 0.3) is 5.56 Å². The molecule has 0 amide bonds. The molecule has 0 aliphatic carbocycles. The van der Waals surface area contributed by atoms with E-state index in [4.69, 9.17) is 0 Å². The average Bonchev–Trinajstić information content (AvgIpc) is 2.52. The Morgan fingerprint density at radius 1 is 1.39 bits per heavy atom. The molecule has 0 atom stereocenters. The number of benzene rings is 1. The number of H-pyrrole nitrogens is 1. The van der Waals surface area contributed by atoms with Gasteiger partial charge >= 0.3 is 0 Å². The highest BCUT2D eigenvalue weighted by atomic mass is 32.2. The van der Waals surface area contributed by atoms with E-state index >= 15 is 0 Å². The van der Waals surface area contributed by atoms with Gasteiger partial charge in [-0.25, -0.2) is 0 Å². The van der Waals surface area contributed by atoms with Crippen LogP contribution in [0.25, 0.3) is 10.9 Å². The lowest BCUT2D eigenvalue weighted by molar-refractivity contribution is -0.116. The summed E-state index contributed by atoms with van der Waals surface area (Å²) in [5.41, 5.74) is 3.77. The van der Waals surface area contributed by atoms with Gasteiger partial charge in [-0.3, -0.25) is 4.79 Å². The maximum Gasteiger partial charge on any atom is 0.251 e. The normalized spacial score (nSPS) is 14.1. The summed E-state index contributed by atoms with van der Waals surface area (Å²) >= 11 is 1.87. The number of ketones is 1. The first-order valence-electron chi connectivity index (χ1n) is 8.08. The summed E-state index contributed by atoms with van der Waals surface area (Å²) in [7, 11) is 0. The van der Waals surface area contributed by atoms with Crippen LogP contribution in [0.5, 0.6) is 0 Å². The lowest BCUT2D eigenvalue weighted by Crippen LogP contribution is -2.28. The Kier molecular flexibility index (Phi) is 4.48. The number of aromatic amines is 1. The van der Waals surface area contributed by atoms with E-state index in [1.165, 1.54) is 10.6 Å². The summed E-state index contributed by atoms with van der Waals surface area (Å²) in [6, 6.07) is 4.29. The second-order valence-electron chi connectivity index (χ2n) is 6.05. The van der Waals surface area contributed by atoms with E-state index in [-0.39, 0.29) is 11.3 Å². The summed E-state index contributed by atoms with van der Waals surface area (Å²) in [6.45, 7) is 7.73. The summed E-state index contributed by atoms with van der Waals surface area (Å²) < 4.78 is 0. The van der Waals surface area contributed by atoms with E-state index in [1.54, 1.807) is 6.92 Å². The number of hydrogen-bond donors (Lipinski definition) is 1. The molecule has 1 aromatic heterocycles. The third-order valence-electron chi connectivity index (χ3n) is 4.55. The molecular formula is C18H22N2O2S. The number of Topliss-reactive ketones (excluding diaryl/α,β-unsaturated/α-hetero) is 1. The number of aryl methyl sites for hydroxylation is 1. The van der Waals surface area contributed by atoms with Crippen molar-refractivity contribution in [2.75, 3.05) is 23.7 Å². The molecular weight excluding hydrogens is 308 g/mol. The summed E-state index contributed by atoms with van der Waals surface area (Å²) in [6.07, 6.45) is 0.927. The fourth-order valence-electron chi connectivity index (χ4n) is 3.19. The average molecular weight is 330 g/mol. The van der Waals surface area contributed by atoms with Crippen molar-refractivity contribution in [2.24, 2.45) is 0 Å². The minimum absolute atomic E-state index is 0.0669. The molecule has 0 bridgehead atoms. The first kappa shape index (κ1) is 16.1. The number of rotatable bonds is 4. The van der Waals surface area contributed by atoms with Crippen LogP contribution >= 0.6 is 11.8 Å². The SMILES string of the molecule is CCN1CCSc2cc3c(C)c(CCC(C)=O)c(=O)[nH]c3cc21. The molecule has 1 aromatic carbocycles. The zero-order valence-corrected chi connectivity index (χ0v) is 14.7. The van der Waals surface area contributed by atoms with Crippen LogP contribution < -0.4 is 10.5 Å². The highest BCUT2D eigenvalue weighted by Crippen LogP contribution is 2.38. The van der Waals surface area contributed by atoms with E-state index in [1.807, 2.05) is 18.7 Å². The van der Waals surface area contributed by atoms with E-state index < -0.39 is 0 Å². The number of anilines is 1. The zero-order valence-electron chi connectivity index (χ0n) is 13.9. The molecule has 0 saturated heterocycles. The van der Waals surface area contributed by atoms with Crippen LogP contribution in [-0.2, 0) is 11.2 Å². The lowest BCUT2D eigenvalue weighted by Gasteiger charge is -2.30. The topological polar surface area (TPSA) is 53.2 Å². The predicted molar refractivity (Wildman–Crippen MR) is 96.9 cm³/mol. The first-order valence-corrected chi connectivity index (χ1v) is 9.06. The van der Waals surface area contributed by atoms with Crippen LogP contribution in [0.4, 0.5) is 5.69 Å². The largest absolute Gasteiger partial charge is 0.370 e. The predicted octanol–water partition coefficient (Wildman–Crippen LogP) is 3.29. The summed E-state index contributed by atoms with van der Waals surface area (Å²) in [4.78, 5) is 30.3. The zero-order chi connectivity index (χ0) is 16.6. The van der Waals surface area contributed by atoms with E-state index in [9.17, 15) is 9.59 Å². The molecule has 0 fully saturated rings. The van der Waals surface area contributed by atoms with Gasteiger partial charge in [0.05, 0.1) is 11.2 Å². The van der Waals surface area contributed by atoms with Crippen LogP contribution in [0, 0.1) is 6.92 Å². The molecule has 1 aliphatic heterocycles. The van der Waals surface area contributed by atoms with Crippen molar-refractivity contribution in [3.8, 4) is 0 Å². The van der Waals surface area contributed by atoms with Gasteiger partial charge in [-0.05, 0) is 44.9 Å². The molecule has 0 unspecified atom stereocenters. The number of aromatic nitrogens is 1. The quantitative estimate of drug-likeness (QED) is 0.934. The third kappa shape index (κ3) is 3.02. The summed E-state index contributed by atoms with van der Waals surface area (Å²) in [5.74, 6) is 1.20. The number of nitrogens with one attached hydrogen (secondary N) is 1. The number of nitrogens with zero attached hydrogens (tertiary/aromatic N) is 1. The molecule has 2 heterocycles. The van der Waals surface area contributed by atoms with Crippen LogP contribution in [-0.4, -0.2) is 29.6 Å². The standard InChI is InChI=1S/C18H22N2O2S/c1-4-20-7-8-23-17-9-14-12(3)13(6-5-11(2)21)18(22)19-15(14)10-16(17)20/h9-10H,4-8H2,1-3H3,(H,19,22). The number of carbonyl (C=O) groups is 1. The molecule has 122 valence electrons. The second-order valence-corrected chi connectivity index (χ2v) is 7.19. The molecule has 0 saturated carbocycles. The molecule has 4 nitrogen and oxygen atoms in total. The molecule has 0 radical (unpaired) electrons. The molecule has 1 aliphatic rings. The molecule has 0 spiro atoms. The maximum atomic E-state index is 12.4. The number of hydrogen-bond acceptors (Lipinski definition) is 4. The minimum atomic E-state index is -0.0669. The molecule has 3 rings (SSSR count). The van der Waals surface area contributed by atoms with Gasteiger partial charge in [0, 0.05) is 41.1 Å². The van der Waals surface area contributed by atoms with Gasteiger partial charge in [0.15, 0.2) is 0 Å². The number of thioether (sulfide) groups is 1. The monoisotopic (exact) mass is 330 g/mol. The van der Waals surface area contributed by atoms with E-state index in [0.717, 1.165) is 40.9 Å². The highest BCUT2D eigenvalue weighted by molar-refractivity contribution is 7.99. The van der Waals surface area contributed by atoms with Crippen molar-refractivity contribution < 1.29 is 4.79 Å². The van der Waals surface area contributed by atoms with Crippen LogP contribution in [0.3, 0.4) is 0 Å². The van der Waals surface area contributed by atoms with Crippen LogP contribution in [0.2, 0.25) is 0 Å². The second kappa shape index (κ2) is 6.40. The molecule has 2 aromatic rings. The Bertz CT molecular complexity index is 826. The molecule has 5 heteroatoms. The maximum absolute atomic E-state index is 12.4. The Morgan fingerprint density at radius 3 is 2.87 bits per heavy atom. The smallest absolute Gasteiger partial charge is 0.251 e. The molecule has 1 N–H and O–H groups in total. The van der Waals surface area contributed by atoms with Gasteiger partial charge in [0.2, 0.25) is 0 Å². The first-order chi connectivity index (χ1) is 11.0. The van der Waals surface area contributed by atoms with Gasteiger partial charge in [-0.2, -0.15) is 0 Å². The van der Waals surface area contributed by atoms with Crippen LogP contribution in [0.1, 0.15) is 31.4 Å². The lowest BCUT2D eigenvalue weighted by atomic mass is 10.00. The minimum Gasteiger partial charge on any atom is -0.370 e. The Labute approximate surface area is 140 Å². The van der Waals surface area contributed by atoms with Crippen molar-refractivity contribution in [1.82, 2.24) is 4.98 Å². The molecule has 23 heavy (non-hydrogen) atoms. The number of carbonyl (C=O) groups excluding carboxylic acids is 1. The Hall–Kier alpha value is -1.75. The fourth-order valence-corrected chi connectivity index (χ4v) is 4.26. The van der Waals surface area contributed by atoms with Crippen molar-refractivity contribution in [3.05, 3.63) is 33.6 Å². The van der Waals surface area contributed by atoms with Crippen molar-refractivity contribution in [2.45, 2.75) is 38.5 Å². The summed E-state index contributed by atoms with van der Waals surface area (Å²) in [5, 5.41) is 1.09. The van der Waals surface area contributed by atoms with Gasteiger partial charge in [-0.1, -0.05) is 0 Å². The van der Waals surface area contributed by atoms with Crippen molar-refractivity contribution in [3.63, 3.8) is 0 Å². The van der Waals surface area contributed by atoms with E-state index in [0.29, 0.717) is 12.8 Å². The third-order valence-corrected chi connectivity index (χ3v) is 5.57. The van der Waals surface area contributed by atoms with Gasteiger partial charge in [-0.15, -0.1) is 11.8 Å². The highest BCUT2D eigenvalue weighted by Gasteiger charge is 2.19. The van der Waals surface area contributed by atoms with Crippen molar-refractivity contribution in [1.29, 1.82) is 0 Å². The Balaban J connectivity index is 2.14. The van der Waals surface area contributed by atoms with Gasteiger partial charge < -0.3 is 14.7 Å². The number of fused-ring (bicyclic) bond motifs is 2. The van der Waals surface area contributed by atoms with E-state index in [2.05, 4.69) is 28.9 Å². The Morgan fingerprint density at radius 2 is 2.17 bits per heavy atom. The van der Waals surface area contributed by atoms with Crippen LogP contribution in [0.15, 0.2) is 21.8 Å². The number of pyridine rings is 1. The van der Waals surface area contributed by atoms with Crippen molar-refractivity contribution >= 4 is 34.1 Å². The fraction of sp³-hybridized carbons (Fsp3) is 0.444.